The summed E-state index contributed by atoms with van der Waals surface area (Å²) >= 11 is 4.36. The number of amides is 2. The summed E-state index contributed by atoms with van der Waals surface area (Å²) in [6, 6.07) is 22.2. The third kappa shape index (κ3) is 8.29. The van der Waals surface area contributed by atoms with E-state index in [4.69, 9.17) is 9.47 Å². The van der Waals surface area contributed by atoms with Gasteiger partial charge in [0.25, 0.3) is 11.1 Å². The molecule has 43 heavy (non-hydrogen) atoms. The van der Waals surface area contributed by atoms with E-state index in [1.807, 2.05) is 60.7 Å². The van der Waals surface area contributed by atoms with Crippen LogP contribution in [0.5, 0.6) is 17.2 Å². The summed E-state index contributed by atoms with van der Waals surface area (Å²) in [5, 5.41) is -0.312. The van der Waals surface area contributed by atoms with Crippen molar-refractivity contribution < 1.29 is 19.1 Å². The molecule has 0 atom stereocenters. The SMILES string of the molecule is O=C1SC(=Cc2ccc(Oc3ccc(Br)cc3)cc2)C(=O)N1c1ccc(OCCCCN2CCN(CC3CC3)CC2)cc1. The fraction of sp³-hybridized carbons (Fsp3) is 0.353. The molecule has 6 rings (SSSR count). The highest BCUT2D eigenvalue weighted by Gasteiger charge is 2.36. The highest BCUT2D eigenvalue weighted by atomic mass is 79.9. The van der Waals surface area contributed by atoms with Crippen LogP contribution >= 0.6 is 27.7 Å². The third-order valence-corrected chi connectivity index (χ3v) is 9.33. The summed E-state index contributed by atoms with van der Waals surface area (Å²) in [6.07, 6.45) is 6.70. The summed E-state index contributed by atoms with van der Waals surface area (Å²) in [5.41, 5.74) is 1.35. The Morgan fingerprint density at radius 2 is 1.42 bits per heavy atom. The van der Waals surface area contributed by atoms with Crippen LogP contribution in [0.4, 0.5) is 10.5 Å². The largest absolute Gasteiger partial charge is 0.494 e. The van der Waals surface area contributed by atoms with Gasteiger partial charge in [0.15, 0.2) is 0 Å². The molecule has 3 fully saturated rings. The van der Waals surface area contributed by atoms with Gasteiger partial charge in [-0.05, 0) is 122 Å². The van der Waals surface area contributed by atoms with Crippen molar-refractivity contribution >= 4 is 50.6 Å². The van der Waals surface area contributed by atoms with Gasteiger partial charge in [-0.3, -0.25) is 9.59 Å². The van der Waals surface area contributed by atoms with Crippen LogP contribution in [0.15, 0.2) is 82.2 Å². The molecule has 1 saturated carbocycles. The molecule has 0 radical (unpaired) electrons. The van der Waals surface area contributed by atoms with Crippen LogP contribution in [0.2, 0.25) is 0 Å². The van der Waals surface area contributed by atoms with Gasteiger partial charge >= 0.3 is 0 Å². The van der Waals surface area contributed by atoms with Gasteiger partial charge < -0.3 is 19.3 Å². The minimum absolute atomic E-state index is 0.312. The molecule has 2 amide bonds. The van der Waals surface area contributed by atoms with E-state index in [9.17, 15) is 9.59 Å². The summed E-state index contributed by atoms with van der Waals surface area (Å²) in [7, 11) is 0. The minimum Gasteiger partial charge on any atom is -0.494 e. The van der Waals surface area contributed by atoms with Crippen LogP contribution < -0.4 is 14.4 Å². The average molecular weight is 663 g/mol. The maximum atomic E-state index is 13.1. The predicted octanol–water partition coefficient (Wildman–Crippen LogP) is 7.67. The summed E-state index contributed by atoms with van der Waals surface area (Å²) in [5.74, 6) is 2.81. The second-order valence-corrected chi connectivity index (χ2v) is 13.2. The molecule has 0 aromatic heterocycles. The maximum absolute atomic E-state index is 13.1. The second-order valence-electron chi connectivity index (χ2n) is 11.3. The number of ether oxygens (including phenoxy) is 2. The number of benzene rings is 3. The standard InChI is InChI=1S/C34H36BrN3O4S/c35-27-7-13-31(14-8-27)42-30-11-5-25(6-12-30)23-32-33(39)38(34(40)43-32)28-9-15-29(16-10-28)41-22-2-1-17-36-18-20-37(21-19-36)24-26-3-4-26/h5-16,23,26H,1-4,17-22,24H2. The number of imide groups is 1. The Labute approximate surface area is 265 Å². The number of thioether (sulfide) groups is 1. The van der Waals surface area contributed by atoms with Crippen LogP contribution in [0.1, 0.15) is 31.2 Å². The molecule has 3 aromatic rings. The lowest BCUT2D eigenvalue weighted by molar-refractivity contribution is -0.113. The van der Waals surface area contributed by atoms with Crippen molar-refractivity contribution in [1.82, 2.24) is 9.80 Å². The first kappa shape index (κ1) is 29.9. The molecular weight excluding hydrogens is 626 g/mol. The Bertz CT molecular complexity index is 1430. The highest BCUT2D eigenvalue weighted by Crippen LogP contribution is 2.36. The fourth-order valence-corrected chi connectivity index (χ4v) is 6.40. The molecule has 2 heterocycles. The van der Waals surface area contributed by atoms with Gasteiger partial charge in [-0.2, -0.15) is 0 Å². The lowest BCUT2D eigenvalue weighted by atomic mass is 10.2. The Hall–Kier alpha value is -3.11. The molecule has 9 heteroatoms. The van der Waals surface area contributed by atoms with Crippen molar-refractivity contribution in [2.45, 2.75) is 25.7 Å². The first-order valence-electron chi connectivity index (χ1n) is 15.0. The molecule has 0 N–H and O–H groups in total. The Morgan fingerprint density at radius 3 is 2.09 bits per heavy atom. The lowest BCUT2D eigenvalue weighted by Gasteiger charge is -2.34. The summed E-state index contributed by atoms with van der Waals surface area (Å²) in [4.78, 5) is 32.7. The number of piperazine rings is 1. The maximum Gasteiger partial charge on any atom is 0.298 e. The summed E-state index contributed by atoms with van der Waals surface area (Å²) in [6.45, 7) is 7.83. The van der Waals surface area contributed by atoms with Crippen molar-refractivity contribution in [3.8, 4) is 17.2 Å². The van der Waals surface area contributed by atoms with E-state index in [2.05, 4.69) is 25.7 Å². The number of nitrogens with zero attached hydrogens (tertiary/aromatic N) is 3. The smallest absolute Gasteiger partial charge is 0.298 e. The van der Waals surface area contributed by atoms with Gasteiger partial charge in [-0.1, -0.05) is 28.1 Å². The Kier molecular flexibility index (Phi) is 9.83. The van der Waals surface area contributed by atoms with Crippen molar-refractivity contribution in [2.24, 2.45) is 5.92 Å². The van der Waals surface area contributed by atoms with Crippen LogP contribution in [-0.2, 0) is 4.79 Å². The zero-order valence-corrected chi connectivity index (χ0v) is 26.5. The number of anilines is 1. The van der Waals surface area contributed by atoms with Gasteiger partial charge in [0, 0.05) is 37.2 Å². The molecule has 2 saturated heterocycles. The normalized spacial score (nSPS) is 18.9. The second kappa shape index (κ2) is 14.1. The van der Waals surface area contributed by atoms with E-state index in [0.717, 1.165) is 58.6 Å². The van der Waals surface area contributed by atoms with E-state index in [-0.39, 0.29) is 11.1 Å². The number of hydrogen-bond donors (Lipinski definition) is 0. The Balaban J connectivity index is 0.945. The van der Waals surface area contributed by atoms with E-state index >= 15 is 0 Å². The van der Waals surface area contributed by atoms with Gasteiger partial charge in [-0.25, -0.2) is 4.90 Å². The molecule has 1 aliphatic carbocycles. The molecule has 3 aliphatic rings. The third-order valence-electron chi connectivity index (χ3n) is 7.93. The van der Waals surface area contributed by atoms with E-state index < -0.39 is 0 Å². The van der Waals surface area contributed by atoms with Crippen LogP contribution in [0.3, 0.4) is 0 Å². The van der Waals surface area contributed by atoms with E-state index in [0.29, 0.717) is 22.9 Å². The number of unbranched alkanes of at least 4 members (excludes halogenated alkanes) is 1. The van der Waals surface area contributed by atoms with Gasteiger partial charge in [-0.15, -0.1) is 0 Å². The van der Waals surface area contributed by atoms with E-state index in [1.165, 1.54) is 50.5 Å². The zero-order chi connectivity index (χ0) is 29.6. The quantitative estimate of drug-likeness (QED) is 0.146. The topological polar surface area (TPSA) is 62.3 Å². The van der Waals surface area contributed by atoms with Crippen molar-refractivity contribution in [2.75, 3.05) is 50.8 Å². The van der Waals surface area contributed by atoms with E-state index in [1.54, 1.807) is 18.2 Å². The van der Waals surface area contributed by atoms with Crippen LogP contribution in [0.25, 0.3) is 6.08 Å². The number of halogens is 1. The first-order valence-corrected chi connectivity index (χ1v) is 16.6. The minimum atomic E-state index is -0.327. The van der Waals surface area contributed by atoms with Crippen molar-refractivity contribution in [3.63, 3.8) is 0 Å². The molecule has 2 aliphatic heterocycles. The lowest BCUT2D eigenvalue weighted by Crippen LogP contribution is -2.47. The monoisotopic (exact) mass is 661 g/mol. The zero-order valence-electron chi connectivity index (χ0n) is 24.1. The number of carbonyl (C=O) groups excluding carboxylic acids is 2. The van der Waals surface area contributed by atoms with Crippen LogP contribution in [0, 0.1) is 5.92 Å². The molecule has 3 aromatic carbocycles. The van der Waals surface area contributed by atoms with Gasteiger partial charge in [0.1, 0.15) is 17.2 Å². The van der Waals surface area contributed by atoms with Crippen molar-refractivity contribution in [3.05, 3.63) is 87.7 Å². The molecule has 0 bridgehead atoms. The molecular formula is C34H36BrN3O4S. The molecule has 0 unspecified atom stereocenters. The Morgan fingerprint density at radius 1 is 0.791 bits per heavy atom. The van der Waals surface area contributed by atoms with Gasteiger partial charge in [0.05, 0.1) is 17.2 Å². The van der Waals surface area contributed by atoms with Gasteiger partial charge in [0.2, 0.25) is 0 Å². The number of rotatable bonds is 12. The predicted molar refractivity (Wildman–Crippen MR) is 176 cm³/mol. The molecule has 224 valence electrons. The summed E-state index contributed by atoms with van der Waals surface area (Å²) < 4.78 is 12.8. The highest BCUT2D eigenvalue weighted by molar-refractivity contribution is 9.10. The van der Waals surface area contributed by atoms with Crippen LogP contribution in [-0.4, -0.2) is 66.8 Å². The number of hydrogen-bond acceptors (Lipinski definition) is 7. The number of carbonyl (C=O) groups is 2. The average Bonchev–Trinajstić information content (AvgIpc) is 3.79. The molecule has 0 spiro atoms. The molecule has 7 nitrogen and oxygen atoms in total. The van der Waals surface area contributed by atoms with Crippen molar-refractivity contribution in [1.29, 1.82) is 0 Å². The fourth-order valence-electron chi connectivity index (χ4n) is 5.29. The first-order chi connectivity index (χ1) is 21.0.